The van der Waals surface area contributed by atoms with Crippen LogP contribution in [0.5, 0.6) is 0 Å². The number of benzene rings is 7. The highest BCUT2D eigenvalue weighted by Crippen LogP contribution is 2.41. The minimum Gasteiger partial charge on any atom is -0.452 e. The van der Waals surface area contributed by atoms with Crippen molar-refractivity contribution in [3.8, 4) is 34.0 Å². The lowest BCUT2D eigenvalue weighted by Gasteiger charge is -2.10. The first-order valence-corrected chi connectivity index (χ1v) is 17.2. The normalized spacial score (nSPS) is 11.9. The van der Waals surface area contributed by atoms with Gasteiger partial charge in [-0.15, -0.1) is 0 Å². The topological polar surface area (TPSA) is 48.8 Å². The minimum atomic E-state index is 0.675. The fourth-order valence-electron chi connectivity index (χ4n) is 7.84. The number of fused-ring (bicyclic) bond motifs is 9. The first-order chi connectivity index (χ1) is 25.3. The molecule has 0 aliphatic rings. The van der Waals surface area contributed by atoms with Crippen molar-refractivity contribution in [2.24, 2.45) is 0 Å². The molecule has 51 heavy (non-hydrogen) atoms. The van der Waals surface area contributed by atoms with Gasteiger partial charge in [0.2, 0.25) is 0 Å². The zero-order chi connectivity index (χ0) is 33.5. The molecule has 11 aromatic rings. The Hall–Kier alpha value is -6.98. The molecule has 11 rings (SSSR count). The Morgan fingerprint density at radius 1 is 0.392 bits per heavy atom. The van der Waals surface area contributed by atoms with E-state index in [2.05, 4.69) is 130 Å². The van der Waals surface area contributed by atoms with Gasteiger partial charge >= 0.3 is 0 Å². The highest BCUT2D eigenvalue weighted by Gasteiger charge is 2.21. The number of hydrogen-bond donors (Lipinski definition) is 0. The van der Waals surface area contributed by atoms with Crippen molar-refractivity contribution < 1.29 is 4.42 Å². The number of furan rings is 1. The summed E-state index contributed by atoms with van der Waals surface area (Å²) in [6.45, 7) is 0. The van der Waals surface area contributed by atoms with E-state index in [-0.39, 0.29) is 0 Å². The summed E-state index contributed by atoms with van der Waals surface area (Å²) in [4.78, 5) is 10.1. The van der Waals surface area contributed by atoms with E-state index in [4.69, 9.17) is 14.4 Å². The minimum absolute atomic E-state index is 0.675. The zero-order valence-electron chi connectivity index (χ0n) is 27.4. The van der Waals surface area contributed by atoms with Crippen molar-refractivity contribution in [3.05, 3.63) is 170 Å². The molecule has 0 saturated carbocycles. The second-order valence-corrected chi connectivity index (χ2v) is 13.0. The summed E-state index contributed by atoms with van der Waals surface area (Å²) in [7, 11) is 0. The van der Waals surface area contributed by atoms with Gasteiger partial charge in [-0.2, -0.15) is 0 Å². The lowest BCUT2D eigenvalue weighted by atomic mass is 10.1. The van der Waals surface area contributed by atoms with Crippen molar-refractivity contribution in [2.75, 3.05) is 0 Å². The van der Waals surface area contributed by atoms with Gasteiger partial charge in [0.05, 0.1) is 22.1 Å². The summed E-state index contributed by atoms with van der Waals surface area (Å²) >= 11 is 0. The quantitative estimate of drug-likeness (QED) is 0.190. The van der Waals surface area contributed by atoms with Crippen LogP contribution in [0.25, 0.3) is 99.7 Å². The largest absolute Gasteiger partial charge is 0.452 e. The maximum absolute atomic E-state index is 6.74. The summed E-state index contributed by atoms with van der Waals surface area (Å²) in [5, 5.41) is 5.85. The summed E-state index contributed by atoms with van der Waals surface area (Å²) in [5.41, 5.74) is 11.8. The Balaban J connectivity index is 1.19. The van der Waals surface area contributed by atoms with E-state index < -0.39 is 0 Å². The molecule has 5 heteroatoms. The van der Waals surface area contributed by atoms with Crippen LogP contribution in [0.4, 0.5) is 0 Å². The van der Waals surface area contributed by atoms with Gasteiger partial charge in [-0.05, 0) is 48.5 Å². The van der Waals surface area contributed by atoms with E-state index in [1.54, 1.807) is 0 Å². The maximum Gasteiger partial charge on any atom is 0.180 e. The third-order valence-corrected chi connectivity index (χ3v) is 10.1. The summed E-state index contributed by atoms with van der Waals surface area (Å²) in [5.74, 6) is 0.675. The first-order valence-electron chi connectivity index (χ1n) is 17.2. The molecule has 0 atom stereocenters. The molecule has 0 bridgehead atoms. The van der Waals surface area contributed by atoms with E-state index in [9.17, 15) is 0 Å². The van der Waals surface area contributed by atoms with Gasteiger partial charge in [-0.3, -0.25) is 0 Å². The van der Waals surface area contributed by atoms with Gasteiger partial charge < -0.3 is 13.6 Å². The monoisotopic (exact) mass is 652 g/mol. The van der Waals surface area contributed by atoms with Crippen molar-refractivity contribution in [2.45, 2.75) is 0 Å². The van der Waals surface area contributed by atoms with Crippen LogP contribution >= 0.6 is 0 Å². The van der Waals surface area contributed by atoms with Crippen LogP contribution in [0.3, 0.4) is 0 Å². The second-order valence-electron chi connectivity index (χ2n) is 13.0. The van der Waals surface area contributed by atoms with Gasteiger partial charge in [-0.25, -0.2) is 9.97 Å². The van der Waals surface area contributed by atoms with Gasteiger partial charge in [-0.1, -0.05) is 115 Å². The van der Waals surface area contributed by atoms with Crippen LogP contribution in [0.1, 0.15) is 0 Å². The van der Waals surface area contributed by atoms with Crippen LogP contribution in [0.15, 0.2) is 174 Å². The summed E-state index contributed by atoms with van der Waals surface area (Å²) < 4.78 is 11.5. The molecule has 5 nitrogen and oxygen atoms in total. The average molecular weight is 653 g/mol. The van der Waals surface area contributed by atoms with Gasteiger partial charge in [0.15, 0.2) is 11.4 Å². The highest BCUT2D eigenvalue weighted by atomic mass is 16.3. The van der Waals surface area contributed by atoms with Gasteiger partial charge in [0.25, 0.3) is 0 Å². The van der Waals surface area contributed by atoms with Crippen molar-refractivity contribution in [3.63, 3.8) is 0 Å². The van der Waals surface area contributed by atoms with E-state index in [0.29, 0.717) is 11.4 Å². The number of hydrogen-bond acceptors (Lipinski definition) is 3. The number of para-hydroxylation sites is 3. The third-order valence-electron chi connectivity index (χ3n) is 10.1. The molecule has 0 N–H and O–H groups in total. The van der Waals surface area contributed by atoms with Crippen molar-refractivity contribution in [1.29, 1.82) is 0 Å². The molecule has 238 valence electrons. The smallest absolute Gasteiger partial charge is 0.180 e. The maximum atomic E-state index is 6.74. The second kappa shape index (κ2) is 10.8. The Morgan fingerprint density at radius 2 is 0.961 bits per heavy atom. The molecule has 0 fully saturated rings. The molecule has 0 aliphatic carbocycles. The summed E-state index contributed by atoms with van der Waals surface area (Å²) in [6, 6.07) is 59.6. The molecular formula is C46H28N4O. The van der Waals surface area contributed by atoms with Crippen LogP contribution in [0, 0.1) is 0 Å². The van der Waals surface area contributed by atoms with Crippen LogP contribution in [-0.2, 0) is 0 Å². The molecule has 0 spiro atoms. The Kier molecular flexibility index (Phi) is 5.89. The van der Waals surface area contributed by atoms with Gasteiger partial charge in [0, 0.05) is 55.5 Å². The Bertz CT molecular complexity index is 3120. The van der Waals surface area contributed by atoms with Crippen LogP contribution in [0.2, 0.25) is 0 Å². The predicted molar refractivity (Wildman–Crippen MR) is 209 cm³/mol. The Labute approximate surface area is 292 Å². The number of rotatable bonds is 4. The fourth-order valence-corrected chi connectivity index (χ4v) is 7.84. The first kappa shape index (κ1) is 27.9. The lowest BCUT2D eigenvalue weighted by Crippen LogP contribution is -1.95. The average Bonchev–Trinajstić information content (AvgIpc) is 3.84. The van der Waals surface area contributed by atoms with Crippen molar-refractivity contribution >= 4 is 65.7 Å². The van der Waals surface area contributed by atoms with E-state index in [1.807, 2.05) is 48.5 Å². The zero-order valence-corrected chi connectivity index (χ0v) is 27.4. The highest BCUT2D eigenvalue weighted by molar-refractivity contribution is 6.19. The third kappa shape index (κ3) is 4.15. The standard InChI is InChI=1S/C46H28N4O/c1-4-14-29(15-5-1)43-45-44(48-46(47-43)30-16-6-2-7-17-30)35-25-24-32(26-42(35)51-45)50-39-23-13-11-21-34(39)37-27-36-33-20-10-12-22-38(33)49(40(36)28-41(37)50)31-18-8-3-9-19-31/h1-28H. The molecule has 0 aliphatic heterocycles. The van der Waals surface area contributed by atoms with Crippen LogP contribution in [-0.4, -0.2) is 19.1 Å². The molecule has 7 aromatic carbocycles. The molecule has 0 saturated heterocycles. The van der Waals surface area contributed by atoms with E-state index in [1.165, 1.54) is 32.6 Å². The SMILES string of the molecule is c1ccc(-c2nc(-c3ccccc3)c3oc4cc(-n5c6ccccc6c6cc7c8ccccc8n(-c8ccccc8)c7cc65)ccc4c3n2)cc1. The Morgan fingerprint density at radius 3 is 1.63 bits per heavy atom. The summed E-state index contributed by atoms with van der Waals surface area (Å²) in [6.07, 6.45) is 0. The van der Waals surface area contributed by atoms with Crippen molar-refractivity contribution in [1.82, 2.24) is 19.1 Å². The molecule has 0 radical (unpaired) electrons. The molecule has 4 aromatic heterocycles. The lowest BCUT2D eigenvalue weighted by molar-refractivity contribution is 0.667. The molecule has 0 unspecified atom stereocenters. The molecular weight excluding hydrogens is 625 g/mol. The number of aromatic nitrogens is 4. The van der Waals surface area contributed by atoms with E-state index >= 15 is 0 Å². The van der Waals surface area contributed by atoms with Gasteiger partial charge in [0.1, 0.15) is 16.8 Å². The molecule has 0 amide bonds. The number of nitrogens with zero attached hydrogens (tertiary/aromatic N) is 4. The van der Waals surface area contributed by atoms with E-state index in [0.717, 1.165) is 55.7 Å². The predicted octanol–water partition coefficient (Wildman–Crippen LogP) is 11.9. The van der Waals surface area contributed by atoms with Crippen LogP contribution < -0.4 is 0 Å². The molecule has 4 heterocycles. The fraction of sp³-hybridized carbons (Fsp3) is 0.